The van der Waals surface area contributed by atoms with E-state index in [4.69, 9.17) is 18.9 Å². The average molecular weight is 591 g/mol. The molecule has 2 aromatic heterocycles. The molecule has 0 bridgehead atoms. The monoisotopic (exact) mass is 590 g/mol. The van der Waals surface area contributed by atoms with E-state index in [9.17, 15) is 19.0 Å². The Balaban J connectivity index is 1.42. The van der Waals surface area contributed by atoms with Crippen LogP contribution in [0.25, 0.3) is 0 Å². The molecule has 0 aliphatic carbocycles. The second-order valence-electron chi connectivity index (χ2n) is 9.12. The molecule has 6 nitrogen and oxygen atoms in total. The van der Waals surface area contributed by atoms with Gasteiger partial charge < -0.3 is 29.2 Å². The first-order valence-electron chi connectivity index (χ1n) is 12.8. The van der Waals surface area contributed by atoms with Crippen LogP contribution >= 0.6 is 22.7 Å². The van der Waals surface area contributed by atoms with E-state index < -0.39 is 24.4 Å². The zero-order chi connectivity index (χ0) is 28.2. The average Bonchev–Trinajstić information content (AvgIpc) is 3.68. The van der Waals surface area contributed by atoms with Gasteiger partial charge >= 0.3 is 0 Å². The second kappa shape index (κ2) is 16.0. The highest BCUT2D eigenvalue weighted by molar-refractivity contribution is 7.10. The number of ether oxygens (including phenoxy) is 4. The summed E-state index contributed by atoms with van der Waals surface area (Å²) < 4.78 is 50.3. The summed E-state index contributed by atoms with van der Waals surface area (Å²) in [6.07, 6.45) is -4.64. The predicted octanol–water partition coefficient (Wildman–Crippen LogP) is 5.71. The molecule has 0 fully saturated rings. The van der Waals surface area contributed by atoms with Crippen LogP contribution in [0, 0.1) is 11.6 Å². The van der Waals surface area contributed by atoms with E-state index in [0.29, 0.717) is 24.3 Å². The number of hydrogen-bond donors (Lipinski definition) is 2. The fraction of sp³-hybridized carbons (Fsp3) is 0.333. The normalized spacial score (nSPS) is 14.6. The third kappa shape index (κ3) is 9.83. The van der Waals surface area contributed by atoms with Crippen molar-refractivity contribution in [2.24, 2.45) is 0 Å². The molecule has 0 aliphatic rings. The van der Waals surface area contributed by atoms with Crippen LogP contribution in [-0.2, 0) is 45.4 Å². The van der Waals surface area contributed by atoms with Crippen LogP contribution in [0.5, 0.6) is 0 Å². The van der Waals surface area contributed by atoms with Crippen LogP contribution in [0.4, 0.5) is 8.78 Å². The third-order valence-corrected chi connectivity index (χ3v) is 7.78. The highest BCUT2D eigenvalue weighted by atomic mass is 32.1. The zero-order valence-electron chi connectivity index (χ0n) is 21.7. The summed E-state index contributed by atoms with van der Waals surface area (Å²) >= 11 is 3.09. The van der Waals surface area contributed by atoms with Gasteiger partial charge in [-0.2, -0.15) is 0 Å². The highest BCUT2D eigenvalue weighted by Crippen LogP contribution is 2.19. The van der Waals surface area contributed by atoms with Gasteiger partial charge in [0.25, 0.3) is 0 Å². The van der Waals surface area contributed by atoms with Crippen LogP contribution in [0.3, 0.4) is 0 Å². The molecule has 10 heteroatoms. The van der Waals surface area contributed by atoms with Gasteiger partial charge in [0.1, 0.15) is 36.1 Å². The number of benzene rings is 2. The minimum absolute atomic E-state index is 0.00193. The quantitative estimate of drug-likeness (QED) is 0.164. The predicted molar refractivity (Wildman–Crippen MR) is 150 cm³/mol. The van der Waals surface area contributed by atoms with E-state index in [1.54, 1.807) is 46.9 Å². The maximum absolute atomic E-state index is 13.3. The Hall–Kier alpha value is -2.54. The van der Waals surface area contributed by atoms with Crippen LogP contribution in [0.1, 0.15) is 20.9 Å². The van der Waals surface area contributed by atoms with Gasteiger partial charge in [0.2, 0.25) is 0 Å². The summed E-state index contributed by atoms with van der Waals surface area (Å²) in [6.45, 7) is 0.798. The molecule has 0 saturated carbocycles. The van der Waals surface area contributed by atoms with Crippen LogP contribution < -0.4 is 0 Å². The molecular formula is C30H32F2O6S2. The number of rotatable bonds is 17. The van der Waals surface area contributed by atoms with E-state index in [0.717, 1.165) is 9.75 Å². The number of aliphatic hydroxyl groups excluding tert-OH is 2. The van der Waals surface area contributed by atoms with E-state index in [2.05, 4.69) is 0 Å². The molecule has 4 atom stereocenters. The lowest BCUT2D eigenvalue weighted by molar-refractivity contribution is -0.169. The van der Waals surface area contributed by atoms with Crippen molar-refractivity contribution in [2.45, 2.75) is 50.8 Å². The van der Waals surface area contributed by atoms with Crippen molar-refractivity contribution in [3.63, 3.8) is 0 Å². The van der Waals surface area contributed by atoms with Gasteiger partial charge in [0.05, 0.1) is 39.6 Å². The molecule has 4 rings (SSSR count). The van der Waals surface area contributed by atoms with Crippen LogP contribution in [0.2, 0.25) is 0 Å². The molecule has 214 valence electrons. The third-order valence-electron chi connectivity index (χ3n) is 6.08. The molecule has 2 heterocycles. The summed E-state index contributed by atoms with van der Waals surface area (Å²) in [5.41, 5.74) is 1.41. The standard InChI is InChI=1S/C30H32F2O6S2/c31-23-9-5-21(6-10-23)15-37-27(19-35-17-25-3-1-13-39-25)29(33)30(34)28(20-36-18-26-4-2-14-40-26)38-16-22-7-11-24(32)12-8-22/h1-14,27-30,33-34H,15-20H2/t27-,28-,29-,30-/m1/s1. The van der Waals surface area contributed by atoms with Gasteiger partial charge in [0.15, 0.2) is 0 Å². The number of thiophene rings is 2. The molecule has 4 aromatic rings. The zero-order valence-corrected chi connectivity index (χ0v) is 23.4. The molecule has 2 aromatic carbocycles. The maximum Gasteiger partial charge on any atom is 0.123 e. The van der Waals surface area contributed by atoms with Crippen molar-refractivity contribution in [3.8, 4) is 0 Å². The molecule has 0 radical (unpaired) electrons. The van der Waals surface area contributed by atoms with Crippen molar-refractivity contribution in [1.82, 2.24) is 0 Å². The Bertz CT molecular complexity index is 1120. The smallest absolute Gasteiger partial charge is 0.123 e. The molecule has 0 saturated heterocycles. The summed E-state index contributed by atoms with van der Waals surface area (Å²) in [7, 11) is 0. The molecule has 0 spiro atoms. The number of hydrogen-bond acceptors (Lipinski definition) is 8. The largest absolute Gasteiger partial charge is 0.388 e. The summed E-state index contributed by atoms with van der Waals surface area (Å²) in [5, 5.41) is 26.4. The van der Waals surface area contributed by atoms with Crippen molar-refractivity contribution in [3.05, 3.63) is 116 Å². The van der Waals surface area contributed by atoms with Gasteiger partial charge in [-0.15, -0.1) is 22.7 Å². The lowest BCUT2D eigenvalue weighted by atomic mass is 10.0. The molecule has 2 N–H and O–H groups in total. The SMILES string of the molecule is O[C@@H]([C@H](O)[C@@H](COCc1cccs1)OCc1ccc(F)cc1)[C@@H](COCc1cccs1)OCc1ccc(F)cc1. The fourth-order valence-corrected chi connectivity index (χ4v) is 5.12. The van der Waals surface area contributed by atoms with Gasteiger partial charge in [-0.1, -0.05) is 36.4 Å². The molecule has 0 unspecified atom stereocenters. The van der Waals surface area contributed by atoms with Crippen molar-refractivity contribution >= 4 is 22.7 Å². The first-order valence-corrected chi connectivity index (χ1v) is 14.5. The maximum atomic E-state index is 13.3. The van der Waals surface area contributed by atoms with Gasteiger partial charge in [0, 0.05) is 9.75 Å². The second-order valence-corrected chi connectivity index (χ2v) is 11.2. The molecule has 0 amide bonds. The van der Waals surface area contributed by atoms with Gasteiger partial charge in [-0.3, -0.25) is 0 Å². The summed E-state index contributed by atoms with van der Waals surface area (Å²) in [5.74, 6) is -0.725. The minimum Gasteiger partial charge on any atom is -0.388 e. The molecule has 0 aliphatic heterocycles. The fourth-order valence-electron chi connectivity index (χ4n) is 3.84. The number of aliphatic hydroxyl groups is 2. The Kier molecular flexibility index (Phi) is 12.2. The van der Waals surface area contributed by atoms with Crippen LogP contribution in [0.15, 0.2) is 83.6 Å². The first kappa shape index (κ1) is 30.4. The van der Waals surface area contributed by atoms with Gasteiger partial charge in [-0.05, 0) is 58.3 Å². The highest BCUT2D eigenvalue weighted by Gasteiger charge is 2.34. The van der Waals surface area contributed by atoms with E-state index >= 15 is 0 Å². The first-order chi connectivity index (χ1) is 19.5. The van der Waals surface area contributed by atoms with Gasteiger partial charge in [-0.25, -0.2) is 8.78 Å². The number of halogens is 2. The summed E-state index contributed by atoms with van der Waals surface area (Å²) in [4.78, 5) is 2.02. The van der Waals surface area contributed by atoms with Crippen molar-refractivity contribution in [1.29, 1.82) is 0 Å². The summed E-state index contributed by atoms with van der Waals surface area (Å²) in [6, 6.07) is 19.4. The Morgan fingerprint density at radius 3 is 1.32 bits per heavy atom. The van der Waals surface area contributed by atoms with E-state index in [1.807, 2.05) is 35.0 Å². The topological polar surface area (TPSA) is 77.4 Å². The van der Waals surface area contributed by atoms with Crippen molar-refractivity contribution < 1.29 is 37.9 Å². The lowest BCUT2D eigenvalue weighted by Gasteiger charge is -2.31. The van der Waals surface area contributed by atoms with E-state index in [-0.39, 0.29) is 38.1 Å². The minimum atomic E-state index is -1.40. The Morgan fingerprint density at radius 2 is 0.975 bits per heavy atom. The Morgan fingerprint density at radius 1 is 0.575 bits per heavy atom. The lowest BCUT2D eigenvalue weighted by Crippen LogP contribution is -2.49. The molecular weight excluding hydrogens is 558 g/mol. The van der Waals surface area contributed by atoms with Crippen LogP contribution in [-0.4, -0.2) is 47.8 Å². The Labute approximate surface area is 240 Å². The van der Waals surface area contributed by atoms with Crippen molar-refractivity contribution in [2.75, 3.05) is 13.2 Å². The van der Waals surface area contributed by atoms with E-state index in [1.165, 1.54) is 24.3 Å². The molecule has 40 heavy (non-hydrogen) atoms.